The Balaban J connectivity index is 0.000000582. The second kappa shape index (κ2) is 17.7. The molecule has 180 valence electrons. The van der Waals surface area contributed by atoms with Gasteiger partial charge in [0, 0.05) is 32.0 Å². The van der Waals surface area contributed by atoms with Gasteiger partial charge in [0.15, 0.2) is 0 Å². The summed E-state index contributed by atoms with van der Waals surface area (Å²) in [6.45, 7) is 12.1. The van der Waals surface area contributed by atoms with Crippen LogP contribution in [-0.4, -0.2) is 31.4 Å². The van der Waals surface area contributed by atoms with E-state index in [0.29, 0.717) is 10.2 Å². The lowest BCUT2D eigenvalue weighted by Gasteiger charge is -2.25. The Bertz CT molecular complexity index is 788. The third-order valence-corrected chi connectivity index (χ3v) is 5.34. The van der Waals surface area contributed by atoms with Crippen molar-refractivity contribution in [2.45, 2.75) is 60.3 Å². The van der Waals surface area contributed by atoms with Gasteiger partial charge in [0.2, 0.25) is 0 Å². The first kappa shape index (κ1) is 30.1. The summed E-state index contributed by atoms with van der Waals surface area (Å²) >= 11 is 12.2. The van der Waals surface area contributed by atoms with Crippen LogP contribution in [0.1, 0.15) is 59.4 Å². The standard InChI is InChI=1S/C14H22Cl2N2.C9H12FN.C2H4O/c1-4-9-18(10-5-6-11(2)3)12-7-8-17-14(16)13(12)15;1-3-7-6-8(11-2)4-5-9(7)10;1-2-3/h7-8,11H,4-6,9-10H2,1-3H3;4-6,11H,3H2,1-2H3;2H,1H3. The molecule has 0 fully saturated rings. The van der Waals surface area contributed by atoms with Crippen molar-refractivity contribution in [2.24, 2.45) is 5.92 Å². The lowest BCUT2D eigenvalue weighted by atomic mass is 10.1. The first-order chi connectivity index (χ1) is 15.2. The molecule has 0 saturated carbocycles. The number of hydrogen-bond donors (Lipinski definition) is 1. The number of pyridine rings is 1. The number of aromatic nitrogens is 1. The van der Waals surface area contributed by atoms with Crippen LogP contribution in [0.25, 0.3) is 0 Å². The van der Waals surface area contributed by atoms with Gasteiger partial charge in [-0.05, 0) is 68.4 Å². The van der Waals surface area contributed by atoms with Crippen LogP contribution in [0.4, 0.5) is 15.8 Å². The van der Waals surface area contributed by atoms with E-state index in [1.807, 2.05) is 26.1 Å². The topological polar surface area (TPSA) is 45.2 Å². The summed E-state index contributed by atoms with van der Waals surface area (Å²) in [4.78, 5) is 15.1. The second-order valence-corrected chi connectivity index (χ2v) is 8.34. The molecule has 2 rings (SSSR count). The Morgan fingerprint density at radius 2 is 1.84 bits per heavy atom. The fourth-order valence-electron chi connectivity index (χ4n) is 2.97. The number of halogens is 3. The first-order valence-electron chi connectivity index (χ1n) is 11.2. The highest BCUT2D eigenvalue weighted by Gasteiger charge is 2.12. The minimum atomic E-state index is -0.119. The van der Waals surface area contributed by atoms with Crippen LogP contribution >= 0.6 is 23.2 Å². The fourth-order valence-corrected chi connectivity index (χ4v) is 3.35. The number of nitrogens with one attached hydrogen (secondary N) is 1. The van der Waals surface area contributed by atoms with Gasteiger partial charge in [-0.25, -0.2) is 9.37 Å². The van der Waals surface area contributed by atoms with E-state index in [1.165, 1.54) is 25.8 Å². The maximum absolute atomic E-state index is 12.9. The van der Waals surface area contributed by atoms with Crippen LogP contribution < -0.4 is 10.2 Å². The highest BCUT2D eigenvalue weighted by molar-refractivity contribution is 6.42. The van der Waals surface area contributed by atoms with E-state index < -0.39 is 0 Å². The molecule has 0 bridgehead atoms. The Morgan fingerprint density at radius 3 is 2.38 bits per heavy atom. The van der Waals surface area contributed by atoms with Crippen molar-refractivity contribution in [1.82, 2.24) is 4.98 Å². The second-order valence-electron chi connectivity index (χ2n) is 7.60. The first-order valence-corrected chi connectivity index (χ1v) is 11.9. The van der Waals surface area contributed by atoms with Crippen LogP contribution in [0.5, 0.6) is 0 Å². The van der Waals surface area contributed by atoms with Gasteiger partial charge in [0.1, 0.15) is 22.3 Å². The molecule has 0 unspecified atom stereocenters. The van der Waals surface area contributed by atoms with Crippen molar-refractivity contribution in [3.8, 4) is 0 Å². The number of hydrogen-bond acceptors (Lipinski definition) is 4. The van der Waals surface area contributed by atoms with Crippen LogP contribution in [0, 0.1) is 11.7 Å². The third-order valence-electron chi connectivity index (χ3n) is 4.59. The van der Waals surface area contributed by atoms with E-state index in [9.17, 15) is 4.39 Å². The molecule has 0 aliphatic carbocycles. The molecule has 0 aliphatic heterocycles. The lowest BCUT2D eigenvalue weighted by Crippen LogP contribution is -2.26. The number of benzene rings is 1. The van der Waals surface area contributed by atoms with Gasteiger partial charge >= 0.3 is 0 Å². The minimum absolute atomic E-state index is 0.119. The van der Waals surface area contributed by atoms with E-state index in [2.05, 4.69) is 36.0 Å². The molecule has 4 nitrogen and oxygen atoms in total. The highest BCUT2D eigenvalue weighted by Crippen LogP contribution is 2.31. The zero-order valence-corrected chi connectivity index (χ0v) is 21.7. The maximum atomic E-state index is 12.9. The van der Waals surface area contributed by atoms with Gasteiger partial charge in [-0.15, -0.1) is 0 Å². The van der Waals surface area contributed by atoms with E-state index >= 15 is 0 Å². The molecule has 0 amide bonds. The number of aldehydes is 1. The van der Waals surface area contributed by atoms with Crippen molar-refractivity contribution >= 4 is 40.9 Å². The summed E-state index contributed by atoms with van der Waals surface area (Å²) in [6, 6.07) is 6.99. The SMILES string of the molecule is CC=O.CCCN(CCCC(C)C)c1ccnc(Cl)c1Cl.CCc1cc(NC)ccc1F. The average molecular weight is 487 g/mol. The summed E-state index contributed by atoms with van der Waals surface area (Å²) < 4.78 is 12.9. The monoisotopic (exact) mass is 485 g/mol. The predicted octanol–water partition coefficient (Wildman–Crippen LogP) is 7.68. The number of anilines is 2. The van der Waals surface area contributed by atoms with E-state index in [0.717, 1.165) is 55.1 Å². The molecule has 1 N–H and O–H groups in total. The average Bonchev–Trinajstić information content (AvgIpc) is 2.76. The number of nitrogens with zero attached hydrogens (tertiary/aromatic N) is 2. The molecule has 1 heterocycles. The van der Waals surface area contributed by atoms with Crippen molar-refractivity contribution in [2.75, 3.05) is 30.4 Å². The summed E-state index contributed by atoms with van der Waals surface area (Å²) in [5.41, 5.74) is 2.72. The van der Waals surface area contributed by atoms with E-state index in [4.69, 9.17) is 28.0 Å². The molecule has 0 spiro atoms. The van der Waals surface area contributed by atoms with Gasteiger partial charge < -0.3 is 15.0 Å². The Hall–Kier alpha value is -1.85. The molecule has 1 aromatic heterocycles. The normalized spacial score (nSPS) is 9.94. The molecule has 7 heteroatoms. The molecule has 1 aromatic carbocycles. The van der Waals surface area contributed by atoms with Gasteiger partial charge in [0.05, 0.1) is 5.69 Å². The quantitative estimate of drug-likeness (QED) is 0.292. The van der Waals surface area contributed by atoms with Crippen LogP contribution in [0.2, 0.25) is 10.2 Å². The number of rotatable bonds is 9. The Labute approximate surface area is 203 Å². The molecule has 0 aliphatic rings. The molecule has 0 atom stereocenters. The molecular formula is C25H38Cl2FN3O. The van der Waals surface area contributed by atoms with Crippen LogP contribution in [0.3, 0.4) is 0 Å². The van der Waals surface area contributed by atoms with E-state index in [1.54, 1.807) is 12.3 Å². The van der Waals surface area contributed by atoms with Gasteiger partial charge in [0.25, 0.3) is 0 Å². The Morgan fingerprint density at radius 1 is 1.19 bits per heavy atom. The van der Waals surface area contributed by atoms with Crippen molar-refractivity contribution in [1.29, 1.82) is 0 Å². The van der Waals surface area contributed by atoms with E-state index in [-0.39, 0.29) is 5.82 Å². The zero-order valence-electron chi connectivity index (χ0n) is 20.2. The summed E-state index contributed by atoms with van der Waals surface area (Å²) in [5.74, 6) is 0.622. The number of aryl methyl sites for hydroxylation is 1. The summed E-state index contributed by atoms with van der Waals surface area (Å²) in [6.07, 6.45) is 6.71. The molecular weight excluding hydrogens is 448 g/mol. The largest absolute Gasteiger partial charge is 0.388 e. The van der Waals surface area contributed by atoms with Gasteiger partial charge in [-0.3, -0.25) is 0 Å². The third kappa shape index (κ3) is 11.7. The van der Waals surface area contributed by atoms with Crippen molar-refractivity contribution < 1.29 is 9.18 Å². The molecule has 0 saturated heterocycles. The fraction of sp³-hybridized carbons (Fsp3) is 0.520. The molecule has 2 aromatic rings. The summed E-state index contributed by atoms with van der Waals surface area (Å²) in [5, 5.41) is 3.92. The highest BCUT2D eigenvalue weighted by atomic mass is 35.5. The predicted molar refractivity (Wildman–Crippen MR) is 138 cm³/mol. The molecule has 0 radical (unpaired) electrons. The lowest BCUT2D eigenvalue weighted by molar-refractivity contribution is -0.106. The minimum Gasteiger partial charge on any atom is -0.388 e. The van der Waals surface area contributed by atoms with Gasteiger partial charge in [-0.1, -0.05) is 50.9 Å². The summed E-state index contributed by atoms with van der Waals surface area (Å²) in [7, 11) is 1.83. The van der Waals surface area contributed by atoms with Crippen molar-refractivity contribution in [3.63, 3.8) is 0 Å². The number of carbonyl (C=O) groups excluding carboxylic acids is 1. The maximum Gasteiger partial charge on any atom is 0.149 e. The van der Waals surface area contributed by atoms with Crippen LogP contribution in [-0.2, 0) is 11.2 Å². The Kier molecular flexibility index (Phi) is 16.7. The van der Waals surface area contributed by atoms with Crippen LogP contribution in [0.15, 0.2) is 30.5 Å². The zero-order chi connectivity index (χ0) is 24.5. The van der Waals surface area contributed by atoms with Gasteiger partial charge in [-0.2, -0.15) is 0 Å². The number of carbonyl (C=O) groups is 1. The smallest absolute Gasteiger partial charge is 0.149 e. The molecule has 32 heavy (non-hydrogen) atoms. The van der Waals surface area contributed by atoms with Crippen molar-refractivity contribution in [3.05, 3.63) is 52.0 Å².